The van der Waals surface area contributed by atoms with Crippen LogP contribution in [0.3, 0.4) is 0 Å². The summed E-state index contributed by atoms with van der Waals surface area (Å²) in [5.74, 6) is -0.281. The topological polar surface area (TPSA) is 80.9 Å². The van der Waals surface area contributed by atoms with E-state index in [1.54, 1.807) is 17.4 Å². The summed E-state index contributed by atoms with van der Waals surface area (Å²) in [6, 6.07) is 21.4. The predicted octanol–water partition coefficient (Wildman–Crippen LogP) is 6.79. The Hall–Kier alpha value is -3.88. The van der Waals surface area contributed by atoms with Gasteiger partial charge in [-0.2, -0.15) is 0 Å². The van der Waals surface area contributed by atoms with E-state index in [0.29, 0.717) is 33.2 Å². The summed E-state index contributed by atoms with van der Waals surface area (Å²) in [6.45, 7) is 2.04. The summed E-state index contributed by atoms with van der Waals surface area (Å²) in [5, 5.41) is 10.3. The van der Waals surface area contributed by atoms with Crippen LogP contribution < -0.4 is 5.32 Å². The molecule has 0 saturated heterocycles. The highest BCUT2D eigenvalue weighted by atomic mass is 32.1. The van der Waals surface area contributed by atoms with Crippen LogP contribution in [0.15, 0.2) is 76.6 Å². The average Bonchev–Trinajstić information content (AvgIpc) is 3.58. The van der Waals surface area contributed by atoms with Crippen LogP contribution >= 0.6 is 22.7 Å². The minimum Gasteiger partial charge on any atom is -0.335 e. The Balaban J connectivity index is 1.49. The zero-order chi connectivity index (χ0) is 22.4. The summed E-state index contributed by atoms with van der Waals surface area (Å²) in [5.41, 5.74) is 4.88. The molecule has 160 valence electrons. The molecule has 33 heavy (non-hydrogen) atoms. The van der Waals surface area contributed by atoms with Crippen LogP contribution in [0.2, 0.25) is 0 Å². The number of hydrogen-bond acceptors (Lipinski definition) is 7. The molecule has 6 rings (SSSR count). The number of nitrogens with one attached hydrogen (secondary N) is 1. The number of aryl methyl sites for hydroxylation is 1. The number of nitrogens with zero attached hydrogens (tertiary/aromatic N) is 3. The summed E-state index contributed by atoms with van der Waals surface area (Å²) in [4.78, 5) is 23.7. The Morgan fingerprint density at radius 2 is 1.88 bits per heavy atom. The van der Waals surface area contributed by atoms with Crippen molar-refractivity contribution >= 4 is 55.0 Å². The number of benzene rings is 2. The second kappa shape index (κ2) is 7.91. The molecule has 4 aromatic heterocycles. The van der Waals surface area contributed by atoms with Crippen LogP contribution in [0, 0.1) is 6.92 Å². The maximum atomic E-state index is 13.5. The minimum absolute atomic E-state index is 0.281. The van der Waals surface area contributed by atoms with Gasteiger partial charge in [0.15, 0.2) is 5.13 Å². The molecule has 0 fully saturated rings. The molecule has 0 atom stereocenters. The van der Waals surface area contributed by atoms with Crippen molar-refractivity contribution in [2.75, 3.05) is 5.32 Å². The Morgan fingerprint density at radius 1 is 1.00 bits per heavy atom. The molecule has 0 aliphatic rings. The van der Waals surface area contributed by atoms with E-state index >= 15 is 0 Å². The van der Waals surface area contributed by atoms with Crippen LogP contribution in [0.4, 0.5) is 5.13 Å². The molecule has 0 spiro atoms. The van der Waals surface area contributed by atoms with E-state index in [-0.39, 0.29) is 5.91 Å². The summed E-state index contributed by atoms with van der Waals surface area (Å²) in [6.07, 6.45) is 0. The third-order valence-electron chi connectivity index (χ3n) is 5.28. The predicted molar refractivity (Wildman–Crippen MR) is 133 cm³/mol. The number of thiazole rings is 1. The van der Waals surface area contributed by atoms with Crippen molar-refractivity contribution in [2.24, 2.45) is 0 Å². The molecular weight excluding hydrogens is 452 g/mol. The van der Waals surface area contributed by atoms with Crippen molar-refractivity contribution in [3.05, 3.63) is 83.2 Å². The molecule has 8 heteroatoms. The van der Waals surface area contributed by atoms with E-state index in [4.69, 9.17) is 4.52 Å². The first kappa shape index (κ1) is 19.8. The van der Waals surface area contributed by atoms with Crippen LogP contribution in [0.1, 0.15) is 15.9 Å². The van der Waals surface area contributed by atoms with Crippen molar-refractivity contribution in [3.8, 4) is 21.8 Å². The van der Waals surface area contributed by atoms with E-state index in [0.717, 1.165) is 26.2 Å². The number of aromatic nitrogens is 3. The van der Waals surface area contributed by atoms with Crippen molar-refractivity contribution < 1.29 is 9.32 Å². The number of hydrogen-bond donors (Lipinski definition) is 1. The number of fused-ring (bicyclic) bond motifs is 2. The fourth-order valence-corrected chi connectivity index (χ4v) is 5.37. The average molecular weight is 469 g/mol. The summed E-state index contributed by atoms with van der Waals surface area (Å²) < 4.78 is 6.62. The zero-order valence-corrected chi connectivity index (χ0v) is 19.0. The normalized spacial score (nSPS) is 11.3. The number of thiophene rings is 1. The maximum absolute atomic E-state index is 13.5. The molecule has 4 heterocycles. The van der Waals surface area contributed by atoms with Gasteiger partial charge in [-0.25, -0.2) is 9.97 Å². The Morgan fingerprint density at radius 3 is 2.70 bits per heavy atom. The first-order valence-corrected chi connectivity index (χ1v) is 11.9. The van der Waals surface area contributed by atoms with Crippen molar-refractivity contribution in [1.29, 1.82) is 0 Å². The summed E-state index contributed by atoms with van der Waals surface area (Å²) >= 11 is 3.00. The number of anilines is 1. The third-order valence-corrected chi connectivity index (χ3v) is 7.10. The lowest BCUT2D eigenvalue weighted by Gasteiger charge is -2.06. The van der Waals surface area contributed by atoms with Gasteiger partial charge in [0.1, 0.15) is 5.69 Å². The van der Waals surface area contributed by atoms with E-state index in [2.05, 4.69) is 26.5 Å². The molecule has 0 aliphatic carbocycles. The van der Waals surface area contributed by atoms with Gasteiger partial charge >= 0.3 is 0 Å². The van der Waals surface area contributed by atoms with Gasteiger partial charge in [0.05, 0.1) is 31.7 Å². The number of rotatable bonds is 4. The highest BCUT2D eigenvalue weighted by Gasteiger charge is 2.23. The van der Waals surface area contributed by atoms with E-state index in [1.807, 2.05) is 66.9 Å². The fourth-order valence-electron chi connectivity index (χ4n) is 3.72. The van der Waals surface area contributed by atoms with Gasteiger partial charge in [-0.05, 0) is 42.1 Å². The lowest BCUT2D eigenvalue weighted by atomic mass is 10.0. The largest absolute Gasteiger partial charge is 0.335 e. The van der Waals surface area contributed by atoms with Crippen molar-refractivity contribution in [3.63, 3.8) is 0 Å². The van der Waals surface area contributed by atoms with Crippen LogP contribution in [-0.4, -0.2) is 21.0 Å². The Bertz CT molecular complexity index is 1620. The molecular formula is C25H16N4O2S2. The Kier molecular flexibility index (Phi) is 4.74. The molecule has 0 radical (unpaired) electrons. The first-order chi connectivity index (χ1) is 16.2. The van der Waals surface area contributed by atoms with Crippen LogP contribution in [-0.2, 0) is 0 Å². The van der Waals surface area contributed by atoms with E-state index in [1.165, 1.54) is 11.3 Å². The van der Waals surface area contributed by atoms with Gasteiger partial charge in [-0.1, -0.05) is 59.0 Å². The molecule has 1 amide bonds. The molecule has 0 aliphatic heterocycles. The Labute approximate surface area is 196 Å². The van der Waals surface area contributed by atoms with Crippen molar-refractivity contribution in [2.45, 2.75) is 6.92 Å². The fraction of sp³-hybridized carbons (Fsp3) is 0.0400. The molecule has 0 unspecified atom stereocenters. The lowest BCUT2D eigenvalue weighted by molar-refractivity contribution is 0.102. The quantitative estimate of drug-likeness (QED) is 0.308. The van der Waals surface area contributed by atoms with Crippen LogP contribution in [0.25, 0.3) is 43.1 Å². The zero-order valence-electron chi connectivity index (χ0n) is 17.4. The van der Waals surface area contributed by atoms with Gasteiger partial charge in [-0.3, -0.25) is 10.1 Å². The number of amides is 1. The lowest BCUT2D eigenvalue weighted by Crippen LogP contribution is -2.12. The molecule has 0 bridgehead atoms. The van der Waals surface area contributed by atoms with Gasteiger partial charge < -0.3 is 4.52 Å². The molecule has 6 aromatic rings. The molecule has 0 saturated carbocycles. The number of carbonyl (C=O) groups is 1. The highest BCUT2D eigenvalue weighted by Crippen LogP contribution is 2.35. The standard InChI is InChI=1S/C25H16N4O2S2/c1-14-9-10-17-20(12-14)33-25(27-17)28-23(30)16-13-18(19-8-5-11-32-19)26-24-21(16)22(29-31-24)15-6-3-2-4-7-15/h2-13H,1H3,(H,27,28,30). The van der Waals surface area contributed by atoms with Crippen molar-refractivity contribution in [1.82, 2.24) is 15.1 Å². The SMILES string of the molecule is Cc1ccc2nc(NC(=O)c3cc(-c4cccs4)nc4onc(-c5ccccc5)c34)sc2c1. The van der Waals surface area contributed by atoms with Gasteiger partial charge in [0.25, 0.3) is 11.6 Å². The third kappa shape index (κ3) is 3.59. The number of pyridine rings is 1. The maximum Gasteiger partial charge on any atom is 0.259 e. The monoisotopic (exact) mass is 468 g/mol. The second-order valence-electron chi connectivity index (χ2n) is 7.55. The van der Waals surface area contributed by atoms with Gasteiger partial charge in [-0.15, -0.1) is 11.3 Å². The van der Waals surface area contributed by atoms with Gasteiger partial charge in [0.2, 0.25) is 0 Å². The van der Waals surface area contributed by atoms with Gasteiger partial charge in [0, 0.05) is 5.56 Å². The molecule has 6 nitrogen and oxygen atoms in total. The summed E-state index contributed by atoms with van der Waals surface area (Å²) in [7, 11) is 0. The minimum atomic E-state index is -0.281. The van der Waals surface area contributed by atoms with Crippen LogP contribution in [0.5, 0.6) is 0 Å². The number of carbonyl (C=O) groups excluding carboxylic acids is 1. The second-order valence-corrected chi connectivity index (χ2v) is 9.53. The highest BCUT2D eigenvalue weighted by molar-refractivity contribution is 7.22. The first-order valence-electron chi connectivity index (χ1n) is 10.2. The smallest absolute Gasteiger partial charge is 0.259 e. The molecule has 2 aromatic carbocycles. The molecule has 1 N–H and O–H groups in total. The van der Waals surface area contributed by atoms with E-state index < -0.39 is 0 Å². The van der Waals surface area contributed by atoms with E-state index in [9.17, 15) is 4.79 Å².